The minimum atomic E-state index is -0.0230. The molecule has 116 valence electrons. The highest BCUT2D eigenvalue weighted by molar-refractivity contribution is 5.85. The van der Waals surface area contributed by atoms with Crippen LogP contribution in [-0.2, 0) is 0 Å². The van der Waals surface area contributed by atoms with Crippen LogP contribution < -0.4 is 0 Å². The number of fused-ring (bicyclic) bond motifs is 1. The first-order valence-electron chi connectivity index (χ1n) is 8.06. The van der Waals surface area contributed by atoms with Gasteiger partial charge in [-0.05, 0) is 44.1 Å². The second-order valence-electron chi connectivity index (χ2n) is 5.98. The molecule has 0 radical (unpaired) electrons. The van der Waals surface area contributed by atoms with Gasteiger partial charge in [0.05, 0.1) is 11.7 Å². The molecular weight excluding hydrogens is 286 g/mol. The van der Waals surface area contributed by atoms with Crippen LogP contribution in [0, 0.1) is 0 Å². The molecule has 3 heterocycles. The van der Waals surface area contributed by atoms with Crippen molar-refractivity contribution in [3.63, 3.8) is 0 Å². The molecule has 4 nitrogen and oxygen atoms in total. The Morgan fingerprint density at radius 1 is 0.913 bits per heavy atom. The summed E-state index contributed by atoms with van der Waals surface area (Å²) < 4.78 is 0. The molecular formula is C19H19N3O. The average Bonchev–Trinajstić information content (AvgIpc) is 3.13. The third kappa shape index (κ3) is 2.55. The van der Waals surface area contributed by atoms with Gasteiger partial charge in [-0.3, -0.25) is 14.9 Å². The summed E-state index contributed by atoms with van der Waals surface area (Å²) in [6, 6.07) is 13.8. The van der Waals surface area contributed by atoms with Crippen molar-refractivity contribution in [1.82, 2.24) is 14.9 Å². The SMILES string of the molecule is Oc1c(C(c2ccccn2)N2CCCC2)ccc2cccnc12. The van der Waals surface area contributed by atoms with Gasteiger partial charge in [0.2, 0.25) is 0 Å². The van der Waals surface area contributed by atoms with Crippen molar-refractivity contribution in [1.29, 1.82) is 0 Å². The molecule has 1 N–H and O–H groups in total. The Morgan fingerprint density at radius 3 is 2.52 bits per heavy atom. The van der Waals surface area contributed by atoms with Crippen molar-refractivity contribution in [3.8, 4) is 5.75 Å². The van der Waals surface area contributed by atoms with Crippen molar-refractivity contribution in [2.24, 2.45) is 0 Å². The molecule has 0 amide bonds. The van der Waals surface area contributed by atoms with Crippen molar-refractivity contribution in [2.75, 3.05) is 13.1 Å². The summed E-state index contributed by atoms with van der Waals surface area (Å²) in [4.78, 5) is 11.3. The number of pyridine rings is 2. The number of hydrogen-bond donors (Lipinski definition) is 1. The van der Waals surface area contributed by atoms with Crippen LogP contribution in [0.1, 0.15) is 30.1 Å². The molecule has 1 fully saturated rings. The van der Waals surface area contributed by atoms with E-state index in [1.165, 1.54) is 12.8 Å². The first-order valence-corrected chi connectivity index (χ1v) is 8.06. The molecule has 1 unspecified atom stereocenters. The van der Waals surface area contributed by atoms with Gasteiger partial charge in [-0.2, -0.15) is 0 Å². The number of aromatic nitrogens is 2. The van der Waals surface area contributed by atoms with Crippen LogP contribution in [0.25, 0.3) is 10.9 Å². The van der Waals surface area contributed by atoms with E-state index in [2.05, 4.69) is 14.9 Å². The predicted octanol–water partition coefficient (Wildman–Crippen LogP) is 3.52. The van der Waals surface area contributed by atoms with Gasteiger partial charge in [0.25, 0.3) is 0 Å². The van der Waals surface area contributed by atoms with Gasteiger partial charge in [-0.1, -0.05) is 24.3 Å². The van der Waals surface area contributed by atoms with Crippen molar-refractivity contribution in [2.45, 2.75) is 18.9 Å². The topological polar surface area (TPSA) is 49.3 Å². The number of hydrogen-bond acceptors (Lipinski definition) is 4. The van der Waals surface area contributed by atoms with Crippen LogP contribution in [0.4, 0.5) is 0 Å². The monoisotopic (exact) mass is 305 g/mol. The maximum atomic E-state index is 10.8. The van der Waals surface area contributed by atoms with Gasteiger partial charge in [-0.25, -0.2) is 0 Å². The van der Waals surface area contributed by atoms with E-state index in [9.17, 15) is 5.11 Å². The van der Waals surface area contributed by atoms with Gasteiger partial charge in [0.15, 0.2) is 0 Å². The fourth-order valence-corrected chi connectivity index (χ4v) is 3.45. The van der Waals surface area contributed by atoms with E-state index in [0.29, 0.717) is 5.52 Å². The molecule has 3 aromatic rings. The smallest absolute Gasteiger partial charge is 0.146 e. The number of aromatic hydroxyl groups is 1. The first-order chi connectivity index (χ1) is 11.3. The molecule has 23 heavy (non-hydrogen) atoms. The van der Waals surface area contributed by atoms with Crippen LogP contribution in [0.2, 0.25) is 0 Å². The summed E-state index contributed by atoms with van der Waals surface area (Å²) in [6.45, 7) is 2.06. The van der Waals surface area contributed by atoms with E-state index in [0.717, 1.165) is 29.7 Å². The van der Waals surface area contributed by atoms with Crippen molar-refractivity contribution < 1.29 is 5.11 Å². The van der Waals surface area contributed by atoms with E-state index in [-0.39, 0.29) is 11.8 Å². The summed E-state index contributed by atoms with van der Waals surface area (Å²) in [6.07, 6.45) is 5.91. The highest BCUT2D eigenvalue weighted by Crippen LogP contribution is 2.38. The fourth-order valence-electron chi connectivity index (χ4n) is 3.45. The number of nitrogens with zero attached hydrogens (tertiary/aromatic N) is 3. The minimum Gasteiger partial charge on any atom is -0.505 e. The number of phenols is 1. The standard InChI is InChI=1S/C19H19N3O/c23-19-15(9-8-14-6-5-11-21-17(14)19)18(22-12-3-4-13-22)16-7-1-2-10-20-16/h1-2,5-11,18,23H,3-4,12-13H2. The van der Waals surface area contributed by atoms with Crippen LogP contribution in [0.3, 0.4) is 0 Å². The van der Waals surface area contributed by atoms with Crippen molar-refractivity contribution >= 4 is 10.9 Å². The van der Waals surface area contributed by atoms with E-state index in [1.807, 2.05) is 48.7 Å². The summed E-state index contributed by atoms with van der Waals surface area (Å²) in [5, 5.41) is 11.8. The third-order valence-electron chi connectivity index (χ3n) is 4.55. The Balaban J connectivity index is 1.88. The summed E-state index contributed by atoms with van der Waals surface area (Å²) in [7, 11) is 0. The van der Waals surface area contributed by atoms with E-state index in [1.54, 1.807) is 6.20 Å². The lowest BCUT2D eigenvalue weighted by atomic mass is 9.98. The van der Waals surface area contributed by atoms with Gasteiger partial charge >= 0.3 is 0 Å². The van der Waals surface area contributed by atoms with Crippen LogP contribution >= 0.6 is 0 Å². The third-order valence-corrected chi connectivity index (χ3v) is 4.55. The Morgan fingerprint density at radius 2 is 1.74 bits per heavy atom. The van der Waals surface area contributed by atoms with E-state index >= 15 is 0 Å². The maximum Gasteiger partial charge on any atom is 0.146 e. The molecule has 4 heteroatoms. The number of rotatable bonds is 3. The lowest BCUT2D eigenvalue weighted by molar-refractivity contribution is 0.271. The number of likely N-dealkylation sites (tertiary alicyclic amines) is 1. The largest absolute Gasteiger partial charge is 0.505 e. The Hall–Kier alpha value is -2.46. The molecule has 1 aliphatic heterocycles. The van der Waals surface area contributed by atoms with Crippen LogP contribution in [-0.4, -0.2) is 33.1 Å². The highest BCUT2D eigenvalue weighted by atomic mass is 16.3. The molecule has 0 bridgehead atoms. The molecule has 0 aliphatic carbocycles. The minimum absolute atomic E-state index is 0.0230. The lowest BCUT2D eigenvalue weighted by Crippen LogP contribution is -2.27. The zero-order valence-electron chi connectivity index (χ0n) is 12.9. The lowest BCUT2D eigenvalue weighted by Gasteiger charge is -2.28. The Labute approximate surface area is 135 Å². The summed E-state index contributed by atoms with van der Waals surface area (Å²) >= 11 is 0. The van der Waals surface area contributed by atoms with Crippen LogP contribution in [0.5, 0.6) is 5.75 Å². The van der Waals surface area contributed by atoms with Gasteiger partial charge in [0, 0.05) is 23.3 Å². The van der Waals surface area contributed by atoms with E-state index < -0.39 is 0 Å². The molecule has 2 aromatic heterocycles. The summed E-state index contributed by atoms with van der Waals surface area (Å²) in [5.41, 5.74) is 2.52. The Kier molecular flexibility index (Phi) is 3.67. The van der Waals surface area contributed by atoms with Gasteiger partial charge in [-0.15, -0.1) is 0 Å². The molecule has 4 rings (SSSR count). The molecule has 1 atom stereocenters. The quantitative estimate of drug-likeness (QED) is 0.804. The molecule has 1 saturated heterocycles. The zero-order chi connectivity index (χ0) is 15.6. The van der Waals surface area contributed by atoms with Gasteiger partial charge in [0.1, 0.15) is 11.3 Å². The number of benzene rings is 1. The molecule has 1 aromatic carbocycles. The van der Waals surface area contributed by atoms with Crippen LogP contribution in [0.15, 0.2) is 54.9 Å². The molecule has 0 saturated carbocycles. The highest BCUT2D eigenvalue weighted by Gasteiger charge is 2.28. The molecule has 0 spiro atoms. The molecule has 1 aliphatic rings. The first kappa shape index (κ1) is 14.2. The van der Waals surface area contributed by atoms with E-state index in [4.69, 9.17) is 0 Å². The Bertz CT molecular complexity index is 813. The average molecular weight is 305 g/mol. The number of phenolic OH excluding ortho intramolecular Hbond substituents is 1. The second kappa shape index (κ2) is 5.97. The zero-order valence-corrected chi connectivity index (χ0v) is 12.9. The van der Waals surface area contributed by atoms with Gasteiger partial charge < -0.3 is 5.11 Å². The maximum absolute atomic E-state index is 10.8. The van der Waals surface area contributed by atoms with Crippen molar-refractivity contribution in [3.05, 3.63) is 66.1 Å². The summed E-state index contributed by atoms with van der Waals surface area (Å²) in [5.74, 6) is 0.269. The normalized spacial score (nSPS) is 16.7. The fraction of sp³-hybridized carbons (Fsp3) is 0.263. The second-order valence-corrected chi connectivity index (χ2v) is 5.98. The predicted molar refractivity (Wildman–Crippen MR) is 90.3 cm³/mol.